The fraction of sp³-hybridized carbons (Fsp3) is 0.878. The number of hydrogen-bond donors (Lipinski definition) is 2. The second-order valence-corrected chi connectivity index (χ2v) is 16.8. The van der Waals surface area contributed by atoms with Crippen molar-refractivity contribution in [3.8, 4) is 0 Å². The summed E-state index contributed by atoms with van der Waals surface area (Å²) in [5, 5.41) is 13.7. The summed E-state index contributed by atoms with van der Waals surface area (Å²) < 4.78 is 23.1. The highest BCUT2D eigenvalue weighted by Crippen LogP contribution is 2.38. The van der Waals surface area contributed by atoms with Crippen LogP contribution >= 0.6 is 7.82 Å². The van der Waals surface area contributed by atoms with Gasteiger partial charge in [0.15, 0.2) is 0 Å². The number of unbranched alkanes of at least 4 members (excludes halogenated alkanes) is 22. The zero-order valence-electron chi connectivity index (χ0n) is 33.4. The Morgan fingerprint density at radius 1 is 0.680 bits per heavy atom. The van der Waals surface area contributed by atoms with Crippen LogP contribution in [0.1, 0.15) is 181 Å². The van der Waals surface area contributed by atoms with E-state index in [0.29, 0.717) is 17.4 Å². The largest absolute Gasteiger partial charge is 0.756 e. The summed E-state index contributed by atoms with van der Waals surface area (Å²) in [5.41, 5.74) is 0. The number of aliphatic hydroxyl groups excluding tert-OH is 1. The van der Waals surface area contributed by atoms with Gasteiger partial charge in [-0.05, 0) is 38.5 Å². The lowest BCUT2D eigenvalue weighted by atomic mass is 10.0. The number of amides is 1. The zero-order valence-corrected chi connectivity index (χ0v) is 34.2. The van der Waals surface area contributed by atoms with Gasteiger partial charge in [0.2, 0.25) is 5.91 Å². The second kappa shape index (κ2) is 33.8. The van der Waals surface area contributed by atoms with E-state index in [1.807, 2.05) is 27.2 Å². The molecule has 0 saturated heterocycles. The predicted octanol–water partition coefficient (Wildman–Crippen LogP) is 10.3. The number of nitrogens with one attached hydrogen (secondary N) is 1. The highest BCUT2D eigenvalue weighted by Gasteiger charge is 2.23. The van der Waals surface area contributed by atoms with Gasteiger partial charge in [0.05, 0.1) is 39.9 Å². The Labute approximate surface area is 309 Å². The van der Waals surface area contributed by atoms with Crippen LogP contribution < -0.4 is 10.2 Å². The summed E-state index contributed by atoms with van der Waals surface area (Å²) in [6.45, 7) is 4.58. The number of likely N-dealkylation sites (N-methyl/N-ethyl adjacent to an activating group) is 1. The summed E-state index contributed by atoms with van der Waals surface area (Å²) in [6.07, 6.45) is 37.8. The average Bonchev–Trinajstić information content (AvgIpc) is 3.06. The molecule has 0 spiro atoms. The van der Waals surface area contributed by atoms with Crippen molar-refractivity contribution in [2.45, 2.75) is 193 Å². The van der Waals surface area contributed by atoms with Crippen LogP contribution in [0.4, 0.5) is 0 Å². The van der Waals surface area contributed by atoms with Crippen molar-refractivity contribution < 1.29 is 32.9 Å². The van der Waals surface area contributed by atoms with Gasteiger partial charge in [0, 0.05) is 6.42 Å². The standard InChI is InChI=1S/C41H81N2O6P/c1-6-8-10-12-14-16-18-20-21-23-25-27-29-31-33-35-41(45)42-39(38-49-50(46,47)48-37-36-43(3,4)5)40(44)34-32-30-28-26-24-22-19-17-15-13-11-9-7-2/h11,13,32,34,39-40,44H,6-10,12,14-31,33,35-38H2,1-5H3,(H-,42,45,46,47)/b13-11-,34-32+/t39-,40+/m0/s1. The van der Waals surface area contributed by atoms with Crippen molar-refractivity contribution in [3.05, 3.63) is 24.3 Å². The van der Waals surface area contributed by atoms with E-state index < -0.39 is 20.0 Å². The lowest BCUT2D eigenvalue weighted by Gasteiger charge is -2.29. The summed E-state index contributed by atoms with van der Waals surface area (Å²) >= 11 is 0. The highest BCUT2D eigenvalue weighted by molar-refractivity contribution is 7.45. The molecule has 1 unspecified atom stereocenters. The Morgan fingerprint density at radius 2 is 1.14 bits per heavy atom. The number of carbonyl (C=O) groups excluding carboxylic acids is 1. The molecular weight excluding hydrogens is 647 g/mol. The van der Waals surface area contributed by atoms with Crippen molar-refractivity contribution in [1.82, 2.24) is 5.32 Å². The molecule has 0 aromatic rings. The molecule has 0 fully saturated rings. The van der Waals surface area contributed by atoms with Crippen LogP contribution in [0.2, 0.25) is 0 Å². The maximum absolute atomic E-state index is 12.8. The summed E-state index contributed by atoms with van der Waals surface area (Å²) in [5.74, 6) is -0.201. The molecule has 1 amide bonds. The minimum atomic E-state index is -4.58. The first kappa shape index (κ1) is 49.0. The zero-order chi connectivity index (χ0) is 37.2. The molecule has 2 N–H and O–H groups in total. The summed E-state index contributed by atoms with van der Waals surface area (Å²) in [6, 6.07) is -0.884. The predicted molar refractivity (Wildman–Crippen MR) is 210 cm³/mol. The molecule has 0 aliphatic carbocycles. The molecule has 296 valence electrons. The first-order chi connectivity index (χ1) is 24.0. The van der Waals surface area contributed by atoms with Gasteiger partial charge in [-0.25, -0.2) is 0 Å². The van der Waals surface area contributed by atoms with E-state index in [9.17, 15) is 19.4 Å². The van der Waals surface area contributed by atoms with Crippen molar-refractivity contribution >= 4 is 13.7 Å². The Kier molecular flexibility index (Phi) is 33.1. The Hall–Kier alpha value is -1.02. The van der Waals surface area contributed by atoms with Gasteiger partial charge in [0.1, 0.15) is 13.2 Å². The second-order valence-electron chi connectivity index (χ2n) is 15.3. The molecule has 0 saturated carbocycles. The van der Waals surface area contributed by atoms with Gasteiger partial charge in [0.25, 0.3) is 7.82 Å². The van der Waals surface area contributed by atoms with Gasteiger partial charge in [-0.15, -0.1) is 0 Å². The SMILES string of the molecule is CCC/C=C\CCCCCCCC/C=C/[C@@H](O)[C@H](COP(=O)([O-])OCC[N+](C)(C)C)NC(=O)CCCCCCCCCCCCCCCCC. The molecule has 3 atom stereocenters. The van der Waals surface area contributed by atoms with E-state index in [1.54, 1.807) is 6.08 Å². The fourth-order valence-corrected chi connectivity index (χ4v) is 6.52. The first-order valence-electron chi connectivity index (χ1n) is 20.7. The molecule has 0 aromatic heterocycles. The molecule has 0 radical (unpaired) electrons. The molecule has 0 aromatic carbocycles. The smallest absolute Gasteiger partial charge is 0.268 e. The maximum atomic E-state index is 12.8. The van der Waals surface area contributed by atoms with E-state index in [4.69, 9.17) is 9.05 Å². The number of quaternary nitrogens is 1. The lowest BCUT2D eigenvalue weighted by Crippen LogP contribution is -2.45. The highest BCUT2D eigenvalue weighted by atomic mass is 31.2. The number of phosphoric acid groups is 1. The van der Waals surface area contributed by atoms with Crippen LogP contribution in [-0.2, 0) is 18.4 Å². The van der Waals surface area contributed by atoms with E-state index >= 15 is 0 Å². The van der Waals surface area contributed by atoms with Gasteiger partial charge >= 0.3 is 0 Å². The number of nitrogens with zero attached hydrogens (tertiary/aromatic N) is 1. The van der Waals surface area contributed by atoms with Gasteiger partial charge in [-0.3, -0.25) is 9.36 Å². The monoisotopic (exact) mass is 729 g/mol. The number of phosphoric ester groups is 1. The van der Waals surface area contributed by atoms with Crippen LogP contribution in [0.15, 0.2) is 24.3 Å². The van der Waals surface area contributed by atoms with Crippen molar-refractivity contribution in [1.29, 1.82) is 0 Å². The Morgan fingerprint density at radius 3 is 1.64 bits per heavy atom. The summed E-state index contributed by atoms with van der Waals surface area (Å²) in [4.78, 5) is 25.2. The average molecular weight is 729 g/mol. The molecule has 0 aliphatic rings. The topological polar surface area (TPSA) is 108 Å². The fourth-order valence-electron chi connectivity index (χ4n) is 5.80. The van der Waals surface area contributed by atoms with Gasteiger partial charge < -0.3 is 28.8 Å². The van der Waals surface area contributed by atoms with Gasteiger partial charge in [-0.2, -0.15) is 0 Å². The third kappa shape index (κ3) is 35.4. The third-order valence-corrected chi connectivity index (χ3v) is 10.1. The van der Waals surface area contributed by atoms with E-state index in [1.165, 1.54) is 122 Å². The van der Waals surface area contributed by atoms with Crippen LogP contribution in [0, 0.1) is 0 Å². The van der Waals surface area contributed by atoms with Crippen molar-refractivity contribution in [3.63, 3.8) is 0 Å². The molecule has 50 heavy (non-hydrogen) atoms. The number of allylic oxidation sites excluding steroid dienone is 3. The molecule has 0 rings (SSSR count). The Bertz CT molecular complexity index is 876. The Balaban J connectivity index is 4.47. The third-order valence-electron chi connectivity index (χ3n) is 9.14. The number of aliphatic hydroxyl groups is 1. The van der Waals surface area contributed by atoms with E-state index in [-0.39, 0.29) is 19.1 Å². The minimum Gasteiger partial charge on any atom is -0.756 e. The van der Waals surface area contributed by atoms with Crippen molar-refractivity contribution in [2.24, 2.45) is 0 Å². The van der Waals surface area contributed by atoms with Crippen LogP contribution in [0.3, 0.4) is 0 Å². The molecule has 8 nitrogen and oxygen atoms in total. The van der Waals surface area contributed by atoms with Gasteiger partial charge in [-0.1, -0.05) is 160 Å². The number of hydrogen-bond acceptors (Lipinski definition) is 6. The normalized spacial score (nSPS) is 14.8. The number of rotatable bonds is 37. The molecule has 0 aliphatic heterocycles. The quantitative estimate of drug-likeness (QED) is 0.0285. The lowest BCUT2D eigenvalue weighted by molar-refractivity contribution is -0.870. The molecule has 9 heteroatoms. The van der Waals surface area contributed by atoms with Crippen molar-refractivity contribution in [2.75, 3.05) is 40.9 Å². The molecule has 0 heterocycles. The van der Waals surface area contributed by atoms with Crippen LogP contribution in [0.5, 0.6) is 0 Å². The first-order valence-corrected chi connectivity index (χ1v) is 22.2. The number of carbonyl (C=O) groups is 1. The van der Waals surface area contributed by atoms with E-state index in [0.717, 1.165) is 38.5 Å². The molecular formula is C41H81N2O6P. The van der Waals surface area contributed by atoms with E-state index in [2.05, 4.69) is 31.3 Å². The summed E-state index contributed by atoms with van der Waals surface area (Å²) in [7, 11) is 1.26. The minimum absolute atomic E-state index is 0.00103. The van der Waals surface area contributed by atoms with Crippen LogP contribution in [0.25, 0.3) is 0 Å². The maximum Gasteiger partial charge on any atom is 0.268 e. The molecule has 0 bridgehead atoms. The van der Waals surface area contributed by atoms with Crippen LogP contribution in [-0.4, -0.2) is 68.5 Å².